The molecule has 0 aliphatic rings. The summed E-state index contributed by atoms with van der Waals surface area (Å²) in [6, 6.07) is 0. The molecule has 9 nitrogen and oxygen atoms in total. The molecular weight excluding hydrogens is 462 g/mol. The maximum Gasteiger partial charge on any atom is 0.373 e. The van der Waals surface area contributed by atoms with Crippen molar-refractivity contribution in [1.29, 1.82) is 0 Å². The van der Waals surface area contributed by atoms with Gasteiger partial charge in [-0.3, -0.25) is 13.9 Å². The topological polar surface area (TPSA) is 118 Å². The molecule has 0 aliphatic heterocycles. The van der Waals surface area contributed by atoms with Gasteiger partial charge in [0.05, 0.1) is 26.4 Å². The van der Waals surface area contributed by atoms with Crippen molar-refractivity contribution in [3.63, 3.8) is 0 Å². The molecule has 186 valence electrons. The number of aliphatic carboxylic acids is 1. The van der Waals surface area contributed by atoms with Crippen LogP contribution in [0.25, 0.3) is 0 Å². The summed E-state index contributed by atoms with van der Waals surface area (Å²) in [7, 11) is -11.3. The molecule has 0 aliphatic carbocycles. The Hall–Kier alpha value is -0.0531. The summed E-state index contributed by atoms with van der Waals surface area (Å²) in [6.45, 7) is 16.4. The molecule has 0 aromatic rings. The lowest BCUT2D eigenvalue weighted by Crippen LogP contribution is -2.50. The van der Waals surface area contributed by atoms with Crippen LogP contribution >= 0.6 is 15.2 Å². The first-order valence-electron chi connectivity index (χ1n) is 10.8. The molecule has 0 heterocycles. The fourth-order valence-electron chi connectivity index (χ4n) is 2.78. The van der Waals surface area contributed by atoms with Crippen molar-refractivity contribution < 1.29 is 41.6 Å². The van der Waals surface area contributed by atoms with Crippen LogP contribution in [0, 0.1) is 0 Å². The Kier molecular flexibility index (Phi) is 12.4. The molecule has 12 heteroatoms. The Bertz CT molecular complexity index is 611. The maximum absolute atomic E-state index is 14.3. The Balaban J connectivity index is 7.11. The second-order valence-corrected chi connectivity index (χ2v) is 18.1. The van der Waals surface area contributed by atoms with Gasteiger partial charge in [0.2, 0.25) is 0 Å². The summed E-state index contributed by atoms with van der Waals surface area (Å²) >= 11 is 0. The summed E-state index contributed by atoms with van der Waals surface area (Å²) in [5.74, 6) is -1.04. The van der Waals surface area contributed by atoms with E-state index in [1.807, 2.05) is 33.9 Å². The van der Waals surface area contributed by atoms with E-state index in [0.29, 0.717) is 0 Å². The third kappa shape index (κ3) is 7.47. The number of hydrogen-bond donors (Lipinski definition) is 1. The molecule has 1 N–H and O–H groups in total. The van der Waals surface area contributed by atoms with Crippen molar-refractivity contribution in [2.45, 2.75) is 90.9 Å². The van der Waals surface area contributed by atoms with Crippen LogP contribution < -0.4 is 0 Å². The third-order valence-electron chi connectivity index (χ3n) is 5.17. The first-order chi connectivity index (χ1) is 14.1. The molecule has 0 saturated carbocycles. The van der Waals surface area contributed by atoms with Gasteiger partial charge in [-0.25, -0.2) is 0 Å². The van der Waals surface area contributed by atoms with Crippen molar-refractivity contribution in [3.05, 3.63) is 0 Å². The van der Waals surface area contributed by atoms with Gasteiger partial charge in [0.25, 0.3) is 5.08 Å². The van der Waals surface area contributed by atoms with Gasteiger partial charge in [0.15, 0.2) is 8.32 Å². The lowest BCUT2D eigenvalue weighted by molar-refractivity contribution is -0.137. The van der Waals surface area contributed by atoms with E-state index >= 15 is 0 Å². The highest BCUT2D eigenvalue weighted by molar-refractivity contribution is 7.74. The van der Waals surface area contributed by atoms with E-state index in [4.69, 9.17) is 22.5 Å². The molecule has 31 heavy (non-hydrogen) atoms. The highest BCUT2D eigenvalue weighted by Crippen LogP contribution is 2.80. The summed E-state index contributed by atoms with van der Waals surface area (Å²) < 4.78 is 57.8. The average molecular weight is 505 g/mol. The lowest BCUT2D eigenvalue weighted by Gasteiger charge is -2.48. The van der Waals surface area contributed by atoms with Crippen LogP contribution in [-0.4, -0.2) is 50.9 Å². The van der Waals surface area contributed by atoms with Gasteiger partial charge in [-0.05, 0) is 58.7 Å². The van der Waals surface area contributed by atoms with Crippen molar-refractivity contribution in [3.8, 4) is 0 Å². The monoisotopic (exact) mass is 504 g/mol. The molecule has 0 unspecified atom stereocenters. The molecular formula is C19H42O9P2Si. The van der Waals surface area contributed by atoms with Gasteiger partial charge in [0, 0.05) is 6.42 Å². The quantitative estimate of drug-likeness (QED) is 0.187. The fraction of sp³-hybridized carbons (Fsp3) is 0.947. The van der Waals surface area contributed by atoms with Gasteiger partial charge in [-0.15, -0.1) is 0 Å². The van der Waals surface area contributed by atoms with Gasteiger partial charge in [0.1, 0.15) is 0 Å². The van der Waals surface area contributed by atoms with E-state index in [0.717, 1.165) is 0 Å². The summed E-state index contributed by atoms with van der Waals surface area (Å²) in [5.41, 5.74) is 0. The molecule has 0 bridgehead atoms. The average Bonchev–Trinajstić information content (AvgIpc) is 2.60. The van der Waals surface area contributed by atoms with Crippen molar-refractivity contribution in [1.82, 2.24) is 0 Å². The first kappa shape index (κ1) is 30.9. The van der Waals surface area contributed by atoms with Crippen LogP contribution in [-0.2, 0) is 36.4 Å². The van der Waals surface area contributed by atoms with Crippen molar-refractivity contribution >= 4 is 29.5 Å². The van der Waals surface area contributed by atoms with Crippen LogP contribution in [0.2, 0.25) is 18.1 Å². The number of carboxylic acids is 1. The Labute approximate surface area is 188 Å². The van der Waals surface area contributed by atoms with Crippen molar-refractivity contribution in [2.24, 2.45) is 0 Å². The standard InChI is InChI=1S/C19H42O9P2Si/c1-10-24-29(22,25-11-2)19(16-14-15-17(20)21,28-31(8,9)18(5,6)7)30(23,26-12-3)27-13-4/h10-16H2,1-9H3,(H,20,21). The highest BCUT2D eigenvalue weighted by atomic mass is 31.2. The summed E-state index contributed by atoms with van der Waals surface area (Å²) in [5, 5.41) is 6.76. The molecule has 0 spiro atoms. The normalized spacial score (nSPS) is 14.1. The molecule has 0 radical (unpaired) electrons. The Morgan fingerprint density at radius 1 is 0.839 bits per heavy atom. The number of carboxylic acid groups (broad SMARTS) is 1. The van der Waals surface area contributed by atoms with Crippen LogP contribution in [0.1, 0.15) is 67.7 Å². The van der Waals surface area contributed by atoms with Crippen molar-refractivity contribution in [2.75, 3.05) is 26.4 Å². The lowest BCUT2D eigenvalue weighted by atomic mass is 10.2. The predicted molar refractivity (Wildman–Crippen MR) is 124 cm³/mol. The SMILES string of the molecule is CCOP(=O)(OCC)C(CCCC(=O)O)(O[Si](C)(C)C(C)(C)C)P(=O)(OCC)OCC. The molecule has 0 fully saturated rings. The van der Waals surface area contributed by atoms with Gasteiger partial charge in [-0.1, -0.05) is 20.8 Å². The molecule has 0 saturated heterocycles. The zero-order valence-corrected chi connectivity index (χ0v) is 23.3. The molecule has 0 amide bonds. The van der Waals surface area contributed by atoms with Gasteiger partial charge >= 0.3 is 21.2 Å². The first-order valence-corrected chi connectivity index (χ1v) is 16.8. The molecule has 0 rings (SSSR count). The Morgan fingerprint density at radius 3 is 1.45 bits per heavy atom. The van der Waals surface area contributed by atoms with E-state index in [1.54, 1.807) is 27.7 Å². The highest BCUT2D eigenvalue weighted by Gasteiger charge is 2.68. The third-order valence-corrected chi connectivity index (χ3v) is 16.2. The fourth-order valence-corrected chi connectivity index (χ4v) is 11.3. The minimum atomic E-state index is -4.26. The van der Waals surface area contributed by atoms with Crippen LogP contribution in [0.15, 0.2) is 0 Å². The van der Waals surface area contributed by atoms with Gasteiger partial charge < -0.3 is 27.6 Å². The zero-order valence-electron chi connectivity index (χ0n) is 20.6. The van der Waals surface area contributed by atoms with E-state index in [1.165, 1.54) is 0 Å². The smallest absolute Gasteiger partial charge is 0.373 e. The van der Waals surface area contributed by atoms with E-state index in [9.17, 15) is 19.0 Å². The largest absolute Gasteiger partial charge is 0.481 e. The van der Waals surface area contributed by atoms with Crippen LogP contribution in [0.4, 0.5) is 0 Å². The zero-order chi connectivity index (χ0) is 24.6. The second kappa shape index (κ2) is 12.4. The van der Waals surface area contributed by atoms with E-state index in [2.05, 4.69) is 0 Å². The predicted octanol–water partition coefficient (Wildman–Crippen LogP) is 6.45. The van der Waals surface area contributed by atoms with Gasteiger partial charge in [-0.2, -0.15) is 0 Å². The molecule has 0 aromatic heterocycles. The minimum Gasteiger partial charge on any atom is -0.481 e. The van der Waals surface area contributed by atoms with Crippen LogP contribution in [0.5, 0.6) is 0 Å². The number of hydrogen-bond acceptors (Lipinski definition) is 8. The number of carbonyl (C=O) groups is 1. The summed E-state index contributed by atoms with van der Waals surface area (Å²) in [4.78, 5) is 11.2. The second-order valence-electron chi connectivity index (χ2n) is 8.52. The van der Waals surface area contributed by atoms with E-state index < -0.39 is 34.6 Å². The minimum absolute atomic E-state index is 0.0110. The molecule has 0 atom stereocenters. The summed E-state index contributed by atoms with van der Waals surface area (Å²) in [6.07, 6.45) is -0.391. The maximum atomic E-state index is 14.3. The molecule has 0 aromatic carbocycles. The van der Waals surface area contributed by atoms with Crippen LogP contribution in [0.3, 0.4) is 0 Å². The number of rotatable bonds is 16. The Morgan fingerprint density at radius 2 is 1.19 bits per heavy atom. The van der Waals surface area contributed by atoms with E-state index in [-0.39, 0.29) is 50.7 Å².